The highest BCUT2D eigenvalue weighted by Crippen LogP contribution is 2.30. The van der Waals surface area contributed by atoms with Crippen molar-refractivity contribution in [2.24, 2.45) is 0 Å². The van der Waals surface area contributed by atoms with E-state index in [0.717, 1.165) is 43.2 Å². The fourth-order valence-corrected chi connectivity index (χ4v) is 5.14. The normalized spacial score (nSPS) is 22.9. The molecule has 2 fully saturated rings. The lowest BCUT2D eigenvalue weighted by atomic mass is 10.0. The lowest BCUT2D eigenvalue weighted by molar-refractivity contribution is -0.136. The van der Waals surface area contributed by atoms with E-state index in [1.165, 1.54) is 5.56 Å². The van der Waals surface area contributed by atoms with Crippen LogP contribution in [0.2, 0.25) is 0 Å². The van der Waals surface area contributed by atoms with Gasteiger partial charge in [-0.2, -0.15) is 0 Å². The van der Waals surface area contributed by atoms with Gasteiger partial charge in [0.25, 0.3) is 11.8 Å². The van der Waals surface area contributed by atoms with Gasteiger partial charge in [0.15, 0.2) is 0 Å². The van der Waals surface area contributed by atoms with Crippen molar-refractivity contribution in [3.63, 3.8) is 0 Å². The first-order valence-electron chi connectivity index (χ1n) is 12.1. The molecule has 3 N–H and O–H groups in total. The van der Waals surface area contributed by atoms with Crippen molar-refractivity contribution >= 4 is 23.6 Å². The first kappa shape index (κ1) is 23.3. The van der Waals surface area contributed by atoms with Crippen molar-refractivity contribution in [3.8, 4) is 0 Å². The average Bonchev–Trinajstić information content (AvgIpc) is 3.11. The van der Waals surface area contributed by atoms with E-state index in [1.807, 2.05) is 12.1 Å². The number of hydrogen-bond donors (Lipinski definition) is 3. The summed E-state index contributed by atoms with van der Waals surface area (Å²) in [6.07, 6.45) is 0.253. The fourth-order valence-electron chi connectivity index (χ4n) is 5.14. The number of benzene rings is 2. The van der Waals surface area contributed by atoms with Crippen LogP contribution < -0.4 is 16.0 Å². The Hall–Kier alpha value is -3.40. The molecule has 35 heavy (non-hydrogen) atoms. The van der Waals surface area contributed by atoms with Crippen molar-refractivity contribution in [3.05, 3.63) is 70.8 Å². The third kappa shape index (κ3) is 4.75. The molecule has 182 valence electrons. The van der Waals surface area contributed by atoms with Crippen LogP contribution in [0.25, 0.3) is 0 Å². The maximum Gasteiger partial charge on any atom is 0.262 e. The minimum atomic E-state index is -0.958. The van der Waals surface area contributed by atoms with Crippen LogP contribution in [-0.4, -0.2) is 71.7 Å². The molecular formula is C26H29N5O4. The number of piperidine rings is 1. The zero-order valence-electron chi connectivity index (χ0n) is 19.5. The topological polar surface area (TPSA) is 111 Å². The van der Waals surface area contributed by atoms with Crippen molar-refractivity contribution in [1.82, 2.24) is 25.8 Å². The zero-order valence-corrected chi connectivity index (χ0v) is 19.5. The number of amides is 4. The summed E-state index contributed by atoms with van der Waals surface area (Å²) in [5, 5.41) is 9.16. The summed E-state index contributed by atoms with van der Waals surface area (Å²) in [4.78, 5) is 53.6. The van der Waals surface area contributed by atoms with Gasteiger partial charge in [-0.05, 0) is 23.6 Å². The van der Waals surface area contributed by atoms with Crippen molar-refractivity contribution < 1.29 is 19.2 Å². The van der Waals surface area contributed by atoms with Gasteiger partial charge in [-0.25, -0.2) is 0 Å². The van der Waals surface area contributed by atoms with Gasteiger partial charge >= 0.3 is 0 Å². The van der Waals surface area contributed by atoms with E-state index < -0.39 is 23.8 Å². The highest BCUT2D eigenvalue weighted by molar-refractivity contribution is 6.24. The minimum Gasteiger partial charge on any atom is -0.314 e. The molecule has 0 radical (unpaired) electrons. The Morgan fingerprint density at radius 3 is 2.60 bits per heavy atom. The first-order chi connectivity index (χ1) is 17.0. The molecule has 3 aliphatic heterocycles. The van der Waals surface area contributed by atoms with Crippen LogP contribution >= 0.6 is 0 Å². The second-order valence-electron chi connectivity index (χ2n) is 9.23. The van der Waals surface area contributed by atoms with Gasteiger partial charge < -0.3 is 10.6 Å². The molecule has 9 heteroatoms. The summed E-state index contributed by atoms with van der Waals surface area (Å²) in [6, 6.07) is 15.0. The highest BCUT2D eigenvalue weighted by Gasteiger charge is 2.45. The Labute approximate surface area is 203 Å². The second-order valence-corrected chi connectivity index (χ2v) is 9.23. The molecule has 0 saturated carbocycles. The third-order valence-corrected chi connectivity index (χ3v) is 6.95. The second kappa shape index (κ2) is 10.1. The summed E-state index contributed by atoms with van der Waals surface area (Å²) in [6.45, 7) is 4.80. The third-order valence-electron chi connectivity index (χ3n) is 6.95. The molecule has 2 unspecified atom stereocenters. The largest absolute Gasteiger partial charge is 0.314 e. The number of nitrogens with zero attached hydrogens (tertiary/aromatic N) is 2. The molecule has 2 aromatic carbocycles. The molecule has 2 aromatic rings. The van der Waals surface area contributed by atoms with Crippen LogP contribution in [0.4, 0.5) is 0 Å². The van der Waals surface area contributed by atoms with Crippen LogP contribution in [0.5, 0.6) is 0 Å². The minimum absolute atomic E-state index is 0.104. The Balaban J connectivity index is 1.26. The molecule has 0 aliphatic carbocycles. The van der Waals surface area contributed by atoms with Crippen molar-refractivity contribution in [2.45, 2.75) is 38.0 Å². The Kier molecular flexibility index (Phi) is 6.72. The molecule has 2 saturated heterocycles. The molecule has 2 atom stereocenters. The molecule has 5 rings (SSSR count). The van der Waals surface area contributed by atoms with Crippen LogP contribution in [0.15, 0.2) is 48.5 Å². The monoisotopic (exact) mass is 475 g/mol. The van der Waals surface area contributed by atoms with Gasteiger partial charge in [0.1, 0.15) is 6.04 Å². The van der Waals surface area contributed by atoms with E-state index in [2.05, 4.69) is 45.1 Å². The number of carbonyl (C=O) groups is 4. The number of carbonyl (C=O) groups excluding carboxylic acids is 4. The maximum atomic E-state index is 13.3. The molecule has 3 aliphatic rings. The van der Waals surface area contributed by atoms with E-state index in [9.17, 15) is 19.2 Å². The van der Waals surface area contributed by atoms with Gasteiger partial charge in [0.05, 0.1) is 11.1 Å². The number of hydrogen-bond acceptors (Lipinski definition) is 7. The summed E-state index contributed by atoms with van der Waals surface area (Å²) in [5.74, 6) is -1.93. The summed E-state index contributed by atoms with van der Waals surface area (Å²) < 4.78 is 0. The number of fused-ring (bicyclic) bond motifs is 1. The molecule has 4 amide bonds. The van der Waals surface area contributed by atoms with Gasteiger partial charge in [-0.3, -0.25) is 34.3 Å². The van der Waals surface area contributed by atoms with Crippen LogP contribution in [0.1, 0.15) is 44.7 Å². The summed E-state index contributed by atoms with van der Waals surface area (Å²) >= 11 is 0. The van der Waals surface area contributed by atoms with E-state index in [0.29, 0.717) is 17.7 Å². The Morgan fingerprint density at radius 1 is 0.971 bits per heavy atom. The molecule has 0 spiro atoms. The van der Waals surface area contributed by atoms with Gasteiger partial charge in [0.2, 0.25) is 11.8 Å². The number of rotatable bonds is 7. The Bertz CT molecular complexity index is 1150. The van der Waals surface area contributed by atoms with Gasteiger partial charge in [-0.15, -0.1) is 0 Å². The Morgan fingerprint density at radius 2 is 1.80 bits per heavy atom. The van der Waals surface area contributed by atoms with Gasteiger partial charge in [-0.1, -0.05) is 42.5 Å². The van der Waals surface area contributed by atoms with Crippen molar-refractivity contribution in [1.29, 1.82) is 0 Å². The molecule has 9 nitrogen and oxygen atoms in total. The number of nitrogens with one attached hydrogen (secondary N) is 3. The first-order valence-corrected chi connectivity index (χ1v) is 12.1. The van der Waals surface area contributed by atoms with Crippen LogP contribution in [0.3, 0.4) is 0 Å². The maximum absolute atomic E-state index is 13.3. The van der Waals surface area contributed by atoms with E-state index >= 15 is 0 Å². The van der Waals surface area contributed by atoms with Gasteiger partial charge in [0, 0.05) is 51.7 Å². The average molecular weight is 476 g/mol. The quantitative estimate of drug-likeness (QED) is 0.505. The van der Waals surface area contributed by atoms with E-state index in [-0.39, 0.29) is 24.8 Å². The molecular weight excluding hydrogens is 446 g/mol. The van der Waals surface area contributed by atoms with Crippen LogP contribution in [0, 0.1) is 0 Å². The standard InChI is InChI=1S/C26H29N5O4/c32-22-10-9-21(24(33)29-22)31-25(34)20-8-4-7-18(23(20)26(31)35)13-28-15-19-14-27-11-12-30(19)16-17-5-2-1-3-6-17/h1-8,19,21,27-28H,9-16H2,(H,29,32,33). The molecule has 0 bridgehead atoms. The van der Waals surface area contributed by atoms with Crippen LogP contribution in [-0.2, 0) is 22.7 Å². The fraction of sp³-hybridized carbons (Fsp3) is 0.385. The smallest absolute Gasteiger partial charge is 0.262 e. The number of piperazine rings is 1. The summed E-state index contributed by atoms with van der Waals surface area (Å²) in [7, 11) is 0. The molecule has 3 heterocycles. The SMILES string of the molecule is O=C1CCC(N2C(=O)c3cccc(CNCC4CNCCN4Cc4ccccc4)c3C2=O)C(=O)N1. The van der Waals surface area contributed by atoms with E-state index in [4.69, 9.17) is 0 Å². The zero-order chi connectivity index (χ0) is 24.4. The lowest BCUT2D eigenvalue weighted by Crippen LogP contribution is -2.54. The van der Waals surface area contributed by atoms with Crippen molar-refractivity contribution in [2.75, 3.05) is 26.2 Å². The van der Waals surface area contributed by atoms with E-state index in [1.54, 1.807) is 12.1 Å². The number of imide groups is 2. The summed E-state index contributed by atoms with van der Waals surface area (Å²) in [5.41, 5.74) is 2.66. The predicted octanol–water partition coefficient (Wildman–Crippen LogP) is 0.651. The highest BCUT2D eigenvalue weighted by atomic mass is 16.2. The predicted molar refractivity (Wildman–Crippen MR) is 128 cm³/mol. The lowest BCUT2D eigenvalue weighted by Gasteiger charge is -2.36. The molecule has 0 aromatic heterocycles.